The summed E-state index contributed by atoms with van der Waals surface area (Å²) < 4.78 is 27.1. The largest absolute Gasteiger partial charge is 0.354 e. The Morgan fingerprint density at radius 2 is 1.51 bits per heavy atom. The molecule has 0 aliphatic carbocycles. The quantitative estimate of drug-likeness (QED) is 0.359. The van der Waals surface area contributed by atoms with Gasteiger partial charge in [0.2, 0.25) is 21.8 Å². The summed E-state index contributed by atoms with van der Waals surface area (Å²) in [7, 11) is -3.80. The Kier molecular flexibility index (Phi) is 10.3. The fraction of sp³-hybridized carbons (Fsp3) is 0.355. The number of aryl methyl sites for hydroxylation is 2. The van der Waals surface area contributed by atoms with Gasteiger partial charge in [-0.25, -0.2) is 8.42 Å². The zero-order valence-electron chi connectivity index (χ0n) is 23.5. The second-order valence-electron chi connectivity index (χ2n) is 9.93. The van der Waals surface area contributed by atoms with Gasteiger partial charge in [0, 0.05) is 19.5 Å². The summed E-state index contributed by atoms with van der Waals surface area (Å²) in [6.07, 6.45) is 2.16. The molecule has 0 aromatic heterocycles. The molecule has 0 radical (unpaired) electrons. The molecule has 3 rings (SSSR count). The standard InChI is InChI=1S/C31H39N3O4S/c1-6-19-32-31(36)29(20-26-15-8-7-9-16-26)33(21-27-17-11-10-13-24(27)3)30(35)22-34(39(5,37)38)28-18-12-14-23(2)25(28)4/h7-18,29H,6,19-22H2,1-5H3,(H,32,36)/t29-/m0/s1. The zero-order chi connectivity index (χ0) is 28.6. The van der Waals surface area contributed by atoms with Gasteiger partial charge in [0.1, 0.15) is 12.6 Å². The Balaban J connectivity index is 2.08. The SMILES string of the molecule is CCCNC(=O)[C@H](Cc1ccccc1)N(Cc1ccccc1C)C(=O)CN(c1cccc(C)c1C)S(C)(=O)=O. The van der Waals surface area contributed by atoms with Gasteiger partial charge in [-0.1, -0.05) is 73.7 Å². The molecular formula is C31H39N3O4S. The zero-order valence-corrected chi connectivity index (χ0v) is 24.3. The smallest absolute Gasteiger partial charge is 0.244 e. The molecule has 0 spiro atoms. The Hall–Kier alpha value is -3.65. The first-order valence-electron chi connectivity index (χ1n) is 13.2. The maximum Gasteiger partial charge on any atom is 0.244 e. The monoisotopic (exact) mass is 549 g/mol. The first kappa shape index (κ1) is 29.9. The number of amides is 2. The van der Waals surface area contributed by atoms with Crippen LogP contribution in [-0.2, 0) is 32.6 Å². The Morgan fingerprint density at radius 1 is 0.872 bits per heavy atom. The van der Waals surface area contributed by atoms with Crippen LogP contribution in [0.25, 0.3) is 0 Å². The number of sulfonamides is 1. The van der Waals surface area contributed by atoms with E-state index in [1.807, 2.05) is 88.4 Å². The summed E-state index contributed by atoms with van der Waals surface area (Å²) in [4.78, 5) is 29.2. The average Bonchev–Trinajstić information content (AvgIpc) is 2.90. The molecule has 0 unspecified atom stereocenters. The van der Waals surface area contributed by atoms with Crippen molar-refractivity contribution in [1.82, 2.24) is 10.2 Å². The van der Waals surface area contributed by atoms with Crippen LogP contribution in [0.1, 0.15) is 41.2 Å². The third-order valence-corrected chi connectivity index (χ3v) is 8.07. The van der Waals surface area contributed by atoms with Crippen LogP contribution in [0.15, 0.2) is 72.8 Å². The van der Waals surface area contributed by atoms with E-state index in [0.717, 1.165) is 44.8 Å². The van der Waals surface area contributed by atoms with Crippen LogP contribution in [0.2, 0.25) is 0 Å². The minimum Gasteiger partial charge on any atom is -0.354 e. The molecule has 1 N–H and O–H groups in total. The molecule has 0 heterocycles. The maximum absolute atomic E-state index is 14.1. The van der Waals surface area contributed by atoms with Crippen molar-refractivity contribution in [2.45, 2.75) is 53.1 Å². The predicted molar refractivity (Wildman–Crippen MR) is 157 cm³/mol. The summed E-state index contributed by atoms with van der Waals surface area (Å²) in [6.45, 7) is 7.91. The van der Waals surface area contributed by atoms with Crippen molar-refractivity contribution >= 4 is 27.5 Å². The Morgan fingerprint density at radius 3 is 2.15 bits per heavy atom. The van der Waals surface area contributed by atoms with E-state index < -0.39 is 28.5 Å². The minimum absolute atomic E-state index is 0.174. The highest BCUT2D eigenvalue weighted by Gasteiger charge is 2.33. The molecule has 0 saturated carbocycles. The van der Waals surface area contributed by atoms with E-state index in [1.165, 1.54) is 4.90 Å². The number of nitrogens with zero attached hydrogens (tertiary/aromatic N) is 2. The molecule has 0 saturated heterocycles. The van der Waals surface area contributed by atoms with E-state index in [0.29, 0.717) is 18.7 Å². The molecule has 0 fully saturated rings. The third-order valence-electron chi connectivity index (χ3n) is 6.95. The van der Waals surface area contributed by atoms with Gasteiger partial charge in [-0.3, -0.25) is 13.9 Å². The topological polar surface area (TPSA) is 86.8 Å². The van der Waals surface area contributed by atoms with Gasteiger partial charge < -0.3 is 10.2 Å². The van der Waals surface area contributed by atoms with Crippen molar-refractivity contribution < 1.29 is 18.0 Å². The van der Waals surface area contributed by atoms with E-state index in [-0.39, 0.29) is 12.5 Å². The number of hydrogen-bond donors (Lipinski definition) is 1. The molecule has 0 aliphatic heterocycles. The molecule has 7 nitrogen and oxygen atoms in total. The lowest BCUT2D eigenvalue weighted by molar-refractivity contribution is -0.140. The van der Waals surface area contributed by atoms with Crippen molar-refractivity contribution in [3.05, 3.63) is 101 Å². The molecule has 208 valence electrons. The van der Waals surface area contributed by atoms with E-state index in [9.17, 15) is 18.0 Å². The number of carbonyl (C=O) groups excluding carboxylic acids is 2. The number of benzene rings is 3. The van der Waals surface area contributed by atoms with Crippen LogP contribution in [0.5, 0.6) is 0 Å². The lowest BCUT2D eigenvalue weighted by Crippen LogP contribution is -2.53. The van der Waals surface area contributed by atoms with Crippen molar-refractivity contribution in [2.24, 2.45) is 0 Å². The highest BCUT2D eigenvalue weighted by atomic mass is 32.2. The highest BCUT2D eigenvalue weighted by Crippen LogP contribution is 2.26. The second kappa shape index (κ2) is 13.4. The van der Waals surface area contributed by atoms with Crippen molar-refractivity contribution in [2.75, 3.05) is 23.7 Å². The summed E-state index contributed by atoms with van der Waals surface area (Å²) in [6, 6.07) is 21.8. The van der Waals surface area contributed by atoms with Crippen molar-refractivity contribution in [1.29, 1.82) is 0 Å². The molecule has 8 heteroatoms. The van der Waals surface area contributed by atoms with Crippen LogP contribution in [0.4, 0.5) is 5.69 Å². The fourth-order valence-corrected chi connectivity index (χ4v) is 5.39. The van der Waals surface area contributed by atoms with Crippen LogP contribution >= 0.6 is 0 Å². The van der Waals surface area contributed by atoms with Gasteiger partial charge >= 0.3 is 0 Å². The number of carbonyl (C=O) groups is 2. The summed E-state index contributed by atoms with van der Waals surface area (Å²) in [5, 5.41) is 2.96. The molecule has 3 aromatic rings. The van der Waals surface area contributed by atoms with E-state index >= 15 is 0 Å². The van der Waals surface area contributed by atoms with E-state index in [1.54, 1.807) is 12.1 Å². The number of nitrogens with one attached hydrogen (secondary N) is 1. The molecule has 0 bridgehead atoms. The Labute approximate surface area is 232 Å². The van der Waals surface area contributed by atoms with Crippen LogP contribution in [0, 0.1) is 20.8 Å². The lowest BCUT2D eigenvalue weighted by Gasteiger charge is -2.34. The molecule has 1 atom stereocenters. The molecule has 3 aromatic carbocycles. The average molecular weight is 550 g/mol. The second-order valence-corrected chi connectivity index (χ2v) is 11.8. The van der Waals surface area contributed by atoms with Crippen molar-refractivity contribution in [3.63, 3.8) is 0 Å². The van der Waals surface area contributed by atoms with E-state index in [2.05, 4.69) is 5.32 Å². The normalized spacial score (nSPS) is 12.0. The van der Waals surface area contributed by atoms with Gasteiger partial charge in [0.05, 0.1) is 11.9 Å². The van der Waals surface area contributed by atoms with Gasteiger partial charge in [0.15, 0.2) is 0 Å². The van der Waals surface area contributed by atoms with Gasteiger partial charge in [-0.2, -0.15) is 0 Å². The molecular weight excluding hydrogens is 510 g/mol. The maximum atomic E-state index is 14.1. The summed E-state index contributed by atoms with van der Waals surface area (Å²) in [5.74, 6) is -0.711. The molecule has 2 amide bonds. The van der Waals surface area contributed by atoms with Crippen LogP contribution in [-0.4, -0.2) is 50.5 Å². The number of anilines is 1. The number of rotatable bonds is 12. The summed E-state index contributed by atoms with van der Waals surface area (Å²) >= 11 is 0. The van der Waals surface area contributed by atoms with Crippen LogP contribution in [0.3, 0.4) is 0 Å². The van der Waals surface area contributed by atoms with Gasteiger partial charge in [-0.05, 0) is 61.1 Å². The highest BCUT2D eigenvalue weighted by molar-refractivity contribution is 7.92. The minimum atomic E-state index is -3.80. The van der Waals surface area contributed by atoms with Crippen LogP contribution < -0.4 is 9.62 Å². The lowest BCUT2D eigenvalue weighted by atomic mass is 10.0. The fourth-order valence-electron chi connectivity index (χ4n) is 4.49. The first-order valence-corrected chi connectivity index (χ1v) is 15.1. The number of hydrogen-bond acceptors (Lipinski definition) is 4. The molecule has 39 heavy (non-hydrogen) atoms. The molecule has 0 aliphatic rings. The Bertz CT molecular complexity index is 1390. The first-order chi connectivity index (χ1) is 18.5. The van der Waals surface area contributed by atoms with Gasteiger partial charge in [0.25, 0.3) is 0 Å². The summed E-state index contributed by atoms with van der Waals surface area (Å²) in [5.41, 5.74) is 4.94. The van der Waals surface area contributed by atoms with E-state index in [4.69, 9.17) is 0 Å². The van der Waals surface area contributed by atoms with Crippen molar-refractivity contribution in [3.8, 4) is 0 Å². The third kappa shape index (κ3) is 7.93. The van der Waals surface area contributed by atoms with Gasteiger partial charge in [-0.15, -0.1) is 0 Å². The predicted octanol–water partition coefficient (Wildman–Crippen LogP) is 4.54.